The number of aromatic nitrogens is 3. The first-order chi connectivity index (χ1) is 14.6. The van der Waals surface area contributed by atoms with Crippen molar-refractivity contribution in [3.8, 4) is 5.69 Å². The fourth-order valence-electron chi connectivity index (χ4n) is 3.68. The number of benzene rings is 1. The maximum absolute atomic E-state index is 6.30. The number of rotatable bonds is 5. The normalized spacial score (nSPS) is 16.2. The molecule has 1 atom stereocenters. The lowest BCUT2D eigenvalue weighted by Gasteiger charge is -2.20. The number of aliphatic imine (C=N–C) groups is 1. The Morgan fingerprint density at radius 3 is 2.81 bits per heavy atom. The lowest BCUT2D eigenvalue weighted by Crippen LogP contribution is -2.44. The summed E-state index contributed by atoms with van der Waals surface area (Å²) in [6.07, 6.45) is 4.76. The number of nitrogens with one attached hydrogen (secondary N) is 2. The maximum atomic E-state index is 6.30. The number of aryl methyl sites for hydroxylation is 1. The second-order valence-corrected chi connectivity index (χ2v) is 7.75. The van der Waals surface area contributed by atoms with Gasteiger partial charge in [-0.15, -0.1) is 24.0 Å². The molecule has 0 amide bonds. The zero-order chi connectivity index (χ0) is 20.9. The van der Waals surface area contributed by atoms with E-state index in [2.05, 4.69) is 42.7 Å². The van der Waals surface area contributed by atoms with E-state index in [0.717, 1.165) is 48.2 Å². The van der Waals surface area contributed by atoms with E-state index in [9.17, 15) is 0 Å². The van der Waals surface area contributed by atoms with E-state index in [-0.39, 0.29) is 30.0 Å². The Bertz CT molecular complexity index is 1040. The van der Waals surface area contributed by atoms with Gasteiger partial charge < -0.3 is 15.5 Å². The van der Waals surface area contributed by atoms with Gasteiger partial charge in [-0.05, 0) is 43.2 Å². The van der Waals surface area contributed by atoms with Crippen molar-refractivity contribution in [2.45, 2.75) is 25.9 Å². The Morgan fingerprint density at radius 1 is 1.23 bits per heavy atom. The molecule has 9 heteroatoms. The van der Waals surface area contributed by atoms with E-state index in [0.29, 0.717) is 11.6 Å². The van der Waals surface area contributed by atoms with Crippen molar-refractivity contribution in [1.82, 2.24) is 25.4 Å². The first-order valence-corrected chi connectivity index (χ1v) is 10.4. The van der Waals surface area contributed by atoms with Gasteiger partial charge in [-0.2, -0.15) is 5.10 Å². The minimum absolute atomic E-state index is 0. The lowest BCUT2D eigenvalue weighted by atomic mass is 10.2. The molecule has 0 spiro atoms. The Labute approximate surface area is 204 Å². The quantitative estimate of drug-likeness (QED) is 0.287. The molecule has 1 aliphatic rings. The predicted molar refractivity (Wildman–Crippen MR) is 137 cm³/mol. The SMILES string of the molecule is CN=C(NCc1ccccc1-n1ccc(C)n1)NC1CCN(c2ncccc2Cl)C1.I. The highest BCUT2D eigenvalue weighted by molar-refractivity contribution is 14.0. The van der Waals surface area contributed by atoms with Gasteiger partial charge in [0.15, 0.2) is 5.96 Å². The number of hydrogen-bond donors (Lipinski definition) is 2. The van der Waals surface area contributed by atoms with Gasteiger partial charge in [-0.1, -0.05) is 29.8 Å². The first kappa shape index (κ1) is 23.3. The molecule has 3 heterocycles. The van der Waals surface area contributed by atoms with Crippen LogP contribution in [0.15, 0.2) is 59.9 Å². The van der Waals surface area contributed by atoms with Gasteiger partial charge in [0.25, 0.3) is 0 Å². The highest BCUT2D eigenvalue weighted by Crippen LogP contribution is 2.25. The molecule has 1 unspecified atom stereocenters. The highest BCUT2D eigenvalue weighted by atomic mass is 127. The molecule has 0 bridgehead atoms. The van der Waals surface area contributed by atoms with Gasteiger partial charge in [0.05, 0.1) is 16.4 Å². The van der Waals surface area contributed by atoms with Crippen LogP contribution in [0.4, 0.5) is 5.82 Å². The molecule has 2 N–H and O–H groups in total. The largest absolute Gasteiger partial charge is 0.353 e. The smallest absolute Gasteiger partial charge is 0.191 e. The first-order valence-electron chi connectivity index (χ1n) is 10.1. The fourth-order valence-corrected chi connectivity index (χ4v) is 3.92. The van der Waals surface area contributed by atoms with Crippen molar-refractivity contribution >= 4 is 47.4 Å². The summed E-state index contributed by atoms with van der Waals surface area (Å²) in [5.74, 6) is 1.62. The van der Waals surface area contributed by atoms with E-state index in [1.54, 1.807) is 13.2 Å². The molecule has 0 saturated carbocycles. The van der Waals surface area contributed by atoms with Crippen LogP contribution in [-0.4, -0.2) is 46.9 Å². The third-order valence-corrected chi connectivity index (χ3v) is 5.49. The van der Waals surface area contributed by atoms with Gasteiger partial charge >= 0.3 is 0 Å². The molecule has 0 radical (unpaired) electrons. The zero-order valence-corrected chi connectivity index (χ0v) is 20.7. The summed E-state index contributed by atoms with van der Waals surface area (Å²) < 4.78 is 1.91. The summed E-state index contributed by atoms with van der Waals surface area (Å²) >= 11 is 6.30. The molecule has 164 valence electrons. The summed E-state index contributed by atoms with van der Waals surface area (Å²) in [5.41, 5.74) is 3.20. The molecule has 2 aromatic heterocycles. The Hall–Kier alpha value is -2.33. The number of hydrogen-bond acceptors (Lipinski definition) is 4. The molecule has 0 aliphatic carbocycles. The van der Waals surface area contributed by atoms with Crippen LogP contribution in [-0.2, 0) is 6.54 Å². The third kappa shape index (κ3) is 5.68. The van der Waals surface area contributed by atoms with E-state index >= 15 is 0 Å². The number of para-hydroxylation sites is 1. The van der Waals surface area contributed by atoms with Gasteiger partial charge in [0, 0.05) is 45.1 Å². The number of halogens is 2. The zero-order valence-electron chi connectivity index (χ0n) is 17.6. The van der Waals surface area contributed by atoms with Crippen LogP contribution in [0.25, 0.3) is 5.69 Å². The van der Waals surface area contributed by atoms with E-state index in [4.69, 9.17) is 11.6 Å². The summed E-state index contributed by atoms with van der Waals surface area (Å²) in [4.78, 5) is 11.0. The standard InChI is InChI=1S/C22H26ClN7.HI/c1-16-9-13-30(28-16)20-8-4-3-6-17(20)14-26-22(24-2)27-18-10-12-29(15-18)21-19(23)7-5-11-25-21;/h3-9,11,13,18H,10,12,14-15H2,1-2H3,(H2,24,26,27);1H. The topological polar surface area (TPSA) is 70.4 Å². The molecule has 1 aliphatic heterocycles. The van der Waals surface area contributed by atoms with Crippen LogP contribution in [0, 0.1) is 6.92 Å². The number of guanidine groups is 1. The van der Waals surface area contributed by atoms with Crippen LogP contribution in [0.5, 0.6) is 0 Å². The molecular weight excluding hydrogens is 525 g/mol. The molecule has 1 aromatic carbocycles. The maximum Gasteiger partial charge on any atom is 0.191 e. The van der Waals surface area contributed by atoms with Crippen molar-refractivity contribution < 1.29 is 0 Å². The molecule has 7 nitrogen and oxygen atoms in total. The van der Waals surface area contributed by atoms with Gasteiger partial charge in [-0.3, -0.25) is 4.99 Å². The summed E-state index contributed by atoms with van der Waals surface area (Å²) in [6, 6.07) is 14.3. The average Bonchev–Trinajstić information content (AvgIpc) is 3.40. The van der Waals surface area contributed by atoms with E-state index in [1.165, 1.54) is 0 Å². The van der Waals surface area contributed by atoms with E-state index < -0.39 is 0 Å². The summed E-state index contributed by atoms with van der Waals surface area (Å²) in [7, 11) is 1.79. The van der Waals surface area contributed by atoms with Crippen LogP contribution in [0.3, 0.4) is 0 Å². The lowest BCUT2D eigenvalue weighted by molar-refractivity contribution is 0.647. The second-order valence-electron chi connectivity index (χ2n) is 7.34. The number of nitrogens with zero attached hydrogens (tertiary/aromatic N) is 5. The molecular formula is C22H27ClIN7. The minimum atomic E-state index is 0. The van der Waals surface area contributed by atoms with Gasteiger partial charge in [0.2, 0.25) is 0 Å². The Balaban J connectivity index is 0.00000272. The third-order valence-electron chi connectivity index (χ3n) is 5.20. The predicted octanol–water partition coefficient (Wildman–Crippen LogP) is 3.79. The van der Waals surface area contributed by atoms with Crippen LogP contribution in [0.1, 0.15) is 17.7 Å². The highest BCUT2D eigenvalue weighted by Gasteiger charge is 2.25. The monoisotopic (exact) mass is 551 g/mol. The molecule has 1 fully saturated rings. The fraction of sp³-hybridized carbons (Fsp3) is 0.318. The molecule has 4 rings (SSSR count). The van der Waals surface area contributed by atoms with Crippen molar-refractivity contribution in [2.75, 3.05) is 25.0 Å². The van der Waals surface area contributed by atoms with Crippen LogP contribution in [0.2, 0.25) is 5.02 Å². The van der Waals surface area contributed by atoms with Crippen molar-refractivity contribution in [3.05, 3.63) is 71.1 Å². The minimum Gasteiger partial charge on any atom is -0.353 e. The Kier molecular flexibility index (Phi) is 8.14. The van der Waals surface area contributed by atoms with Crippen LogP contribution < -0.4 is 15.5 Å². The van der Waals surface area contributed by atoms with E-state index in [1.807, 2.05) is 48.1 Å². The molecule has 31 heavy (non-hydrogen) atoms. The van der Waals surface area contributed by atoms with Crippen molar-refractivity contribution in [2.24, 2.45) is 4.99 Å². The number of anilines is 1. The van der Waals surface area contributed by atoms with Gasteiger partial charge in [-0.25, -0.2) is 9.67 Å². The average molecular weight is 552 g/mol. The molecule has 3 aromatic rings. The summed E-state index contributed by atoms with van der Waals surface area (Å²) in [6.45, 7) is 4.39. The van der Waals surface area contributed by atoms with Crippen molar-refractivity contribution in [1.29, 1.82) is 0 Å². The van der Waals surface area contributed by atoms with Crippen molar-refractivity contribution in [3.63, 3.8) is 0 Å². The Morgan fingerprint density at radius 2 is 2.06 bits per heavy atom. The van der Waals surface area contributed by atoms with Crippen LogP contribution >= 0.6 is 35.6 Å². The second kappa shape index (κ2) is 10.8. The van der Waals surface area contributed by atoms with Gasteiger partial charge in [0.1, 0.15) is 5.82 Å². The molecule has 1 saturated heterocycles. The summed E-state index contributed by atoms with van der Waals surface area (Å²) in [5, 5.41) is 12.2. The number of pyridine rings is 1.